The van der Waals surface area contributed by atoms with Gasteiger partial charge < -0.3 is 8.85 Å². The average Bonchev–Trinajstić information content (AvgIpc) is 2.62. The van der Waals surface area contributed by atoms with Crippen molar-refractivity contribution in [3.05, 3.63) is 73.3 Å². The summed E-state index contributed by atoms with van der Waals surface area (Å²) < 4.78 is 13.3. The maximum Gasteiger partial charge on any atom is 0.407 e. The van der Waals surface area contributed by atoms with E-state index in [0.29, 0.717) is 5.92 Å². The monoisotopic (exact) mass is 324 g/mol. The molecule has 23 heavy (non-hydrogen) atoms. The molecule has 0 spiro atoms. The van der Waals surface area contributed by atoms with E-state index in [1.807, 2.05) is 18.2 Å². The zero-order chi connectivity index (χ0) is 16.3. The molecule has 0 saturated carbocycles. The molecule has 1 heterocycles. The second kappa shape index (κ2) is 6.83. The third-order valence-corrected chi connectivity index (χ3v) is 8.07. The molecule has 120 valence electrons. The quantitative estimate of drug-likeness (QED) is 0.635. The van der Waals surface area contributed by atoms with E-state index in [1.54, 1.807) is 0 Å². The minimum absolute atomic E-state index is 0.142. The molecule has 0 amide bonds. The van der Waals surface area contributed by atoms with Crippen LogP contribution in [0.15, 0.2) is 73.3 Å². The van der Waals surface area contributed by atoms with Gasteiger partial charge in [0.1, 0.15) is 0 Å². The number of hydrogen-bond acceptors (Lipinski definition) is 2. The molecule has 1 saturated heterocycles. The molecule has 1 aliphatic heterocycles. The van der Waals surface area contributed by atoms with Gasteiger partial charge in [0.05, 0.1) is 6.10 Å². The summed E-state index contributed by atoms with van der Waals surface area (Å²) in [4.78, 5) is 0. The second-order valence-corrected chi connectivity index (χ2v) is 9.12. The lowest BCUT2D eigenvalue weighted by Gasteiger charge is -2.44. The summed E-state index contributed by atoms with van der Waals surface area (Å²) in [6.07, 6.45) is 3.20. The third kappa shape index (κ3) is 3.18. The van der Waals surface area contributed by atoms with Gasteiger partial charge in [-0.25, -0.2) is 0 Å². The Balaban J connectivity index is 2.10. The largest absolute Gasteiger partial charge is 0.407 e. The highest BCUT2D eigenvalue weighted by molar-refractivity contribution is 6.92. The van der Waals surface area contributed by atoms with E-state index in [4.69, 9.17) is 8.85 Å². The standard InChI is InChI=1S/C20H24O2Si/c1-4-16(2)20-15-17(3)21-23(22-20,18-11-7-5-8-12-18)19-13-9-6-10-14-19/h4-14,16-17,20H,1,15H2,2-3H3/t16-,17-,20-/m0/s1. The molecular formula is C20H24O2Si. The van der Waals surface area contributed by atoms with Crippen LogP contribution in [0.25, 0.3) is 0 Å². The van der Waals surface area contributed by atoms with Crippen molar-refractivity contribution in [2.24, 2.45) is 5.92 Å². The lowest BCUT2D eigenvalue weighted by atomic mass is 10.00. The first kappa shape index (κ1) is 16.2. The molecule has 3 rings (SSSR count). The molecule has 2 nitrogen and oxygen atoms in total. The first-order valence-electron chi connectivity index (χ1n) is 8.25. The van der Waals surface area contributed by atoms with Crippen LogP contribution in [0.1, 0.15) is 20.3 Å². The van der Waals surface area contributed by atoms with Crippen LogP contribution in [0.3, 0.4) is 0 Å². The number of hydrogen-bond donors (Lipinski definition) is 0. The van der Waals surface area contributed by atoms with Crippen molar-refractivity contribution in [2.45, 2.75) is 32.5 Å². The number of benzene rings is 2. The lowest BCUT2D eigenvalue weighted by Crippen LogP contribution is -2.68. The van der Waals surface area contributed by atoms with Crippen LogP contribution in [-0.2, 0) is 8.85 Å². The molecule has 0 radical (unpaired) electrons. The molecule has 1 aliphatic rings. The van der Waals surface area contributed by atoms with Gasteiger partial charge in [0.25, 0.3) is 0 Å². The summed E-state index contributed by atoms with van der Waals surface area (Å²) in [5.74, 6) is 0.306. The predicted octanol–water partition coefficient (Wildman–Crippen LogP) is 3.26. The Kier molecular flexibility index (Phi) is 4.81. The van der Waals surface area contributed by atoms with Crippen molar-refractivity contribution >= 4 is 18.9 Å². The minimum atomic E-state index is -2.69. The van der Waals surface area contributed by atoms with Gasteiger partial charge in [-0.15, -0.1) is 6.58 Å². The summed E-state index contributed by atoms with van der Waals surface area (Å²) >= 11 is 0. The Hall–Kier alpha value is -1.68. The van der Waals surface area contributed by atoms with Crippen molar-refractivity contribution in [1.29, 1.82) is 0 Å². The van der Waals surface area contributed by atoms with Gasteiger partial charge in [0, 0.05) is 6.10 Å². The first-order chi connectivity index (χ1) is 11.2. The maximum atomic E-state index is 6.71. The highest BCUT2D eigenvalue weighted by Crippen LogP contribution is 2.28. The topological polar surface area (TPSA) is 18.5 Å². The predicted molar refractivity (Wildman–Crippen MR) is 97.3 cm³/mol. The Bertz CT molecular complexity index is 602. The Labute approximate surface area is 140 Å². The van der Waals surface area contributed by atoms with Crippen molar-refractivity contribution in [3.63, 3.8) is 0 Å². The van der Waals surface area contributed by atoms with Crippen molar-refractivity contribution in [2.75, 3.05) is 0 Å². The molecule has 3 atom stereocenters. The normalized spacial score (nSPS) is 24.8. The van der Waals surface area contributed by atoms with Crippen molar-refractivity contribution in [3.8, 4) is 0 Å². The third-order valence-electron chi connectivity index (χ3n) is 4.51. The minimum Gasteiger partial charge on any atom is -0.385 e. The lowest BCUT2D eigenvalue weighted by molar-refractivity contribution is 0.00419. The Morgan fingerprint density at radius 3 is 2.00 bits per heavy atom. The first-order valence-corrected chi connectivity index (χ1v) is 10.1. The smallest absolute Gasteiger partial charge is 0.385 e. The van der Waals surface area contributed by atoms with E-state index in [-0.39, 0.29) is 12.2 Å². The highest BCUT2D eigenvalue weighted by atomic mass is 28.4. The van der Waals surface area contributed by atoms with Gasteiger partial charge in [-0.1, -0.05) is 73.7 Å². The molecule has 0 bridgehead atoms. The van der Waals surface area contributed by atoms with Gasteiger partial charge in [-0.2, -0.15) is 0 Å². The SMILES string of the molecule is C=C[C@H](C)[C@@H]1C[C@H](C)O[Si](c2ccccc2)(c2ccccc2)O1. The molecule has 3 heteroatoms. The summed E-state index contributed by atoms with van der Waals surface area (Å²) in [6, 6.07) is 20.8. The zero-order valence-electron chi connectivity index (χ0n) is 13.8. The average molecular weight is 324 g/mol. The summed E-state index contributed by atoms with van der Waals surface area (Å²) in [6.45, 7) is 8.27. The number of rotatable bonds is 4. The molecule has 2 aromatic carbocycles. The molecule has 0 aliphatic carbocycles. The fraction of sp³-hybridized carbons (Fsp3) is 0.300. The van der Waals surface area contributed by atoms with E-state index >= 15 is 0 Å². The van der Waals surface area contributed by atoms with Crippen LogP contribution >= 0.6 is 0 Å². The van der Waals surface area contributed by atoms with Crippen LogP contribution in [0.4, 0.5) is 0 Å². The molecule has 0 unspecified atom stereocenters. The van der Waals surface area contributed by atoms with Gasteiger partial charge >= 0.3 is 8.56 Å². The van der Waals surface area contributed by atoms with E-state index in [2.05, 4.69) is 69.0 Å². The second-order valence-electron chi connectivity index (χ2n) is 6.26. The van der Waals surface area contributed by atoms with E-state index in [0.717, 1.165) is 6.42 Å². The highest BCUT2D eigenvalue weighted by Gasteiger charge is 2.49. The van der Waals surface area contributed by atoms with Gasteiger partial charge in [-0.3, -0.25) is 0 Å². The molecule has 0 N–H and O–H groups in total. The molecule has 1 fully saturated rings. The van der Waals surface area contributed by atoms with E-state index in [1.165, 1.54) is 10.4 Å². The van der Waals surface area contributed by atoms with E-state index in [9.17, 15) is 0 Å². The summed E-state index contributed by atoms with van der Waals surface area (Å²) in [7, 11) is -2.69. The maximum absolute atomic E-state index is 6.71. The van der Waals surface area contributed by atoms with Crippen LogP contribution in [-0.4, -0.2) is 20.8 Å². The Morgan fingerprint density at radius 1 is 1.00 bits per heavy atom. The van der Waals surface area contributed by atoms with Crippen molar-refractivity contribution in [1.82, 2.24) is 0 Å². The summed E-state index contributed by atoms with van der Waals surface area (Å²) in [5, 5.41) is 2.33. The molecule has 0 aromatic heterocycles. The van der Waals surface area contributed by atoms with E-state index < -0.39 is 8.56 Å². The summed E-state index contributed by atoms with van der Waals surface area (Å²) in [5.41, 5.74) is 0. The fourth-order valence-corrected chi connectivity index (χ4v) is 6.77. The van der Waals surface area contributed by atoms with Crippen LogP contribution < -0.4 is 10.4 Å². The fourth-order valence-electron chi connectivity index (χ4n) is 3.18. The zero-order valence-corrected chi connectivity index (χ0v) is 14.8. The van der Waals surface area contributed by atoms with Crippen LogP contribution in [0.2, 0.25) is 0 Å². The van der Waals surface area contributed by atoms with Crippen molar-refractivity contribution < 1.29 is 8.85 Å². The molecule has 2 aromatic rings. The van der Waals surface area contributed by atoms with Gasteiger partial charge in [-0.05, 0) is 29.6 Å². The van der Waals surface area contributed by atoms with Gasteiger partial charge in [0.2, 0.25) is 0 Å². The van der Waals surface area contributed by atoms with Crippen LogP contribution in [0.5, 0.6) is 0 Å². The Morgan fingerprint density at radius 2 is 1.52 bits per heavy atom. The van der Waals surface area contributed by atoms with Gasteiger partial charge in [0.15, 0.2) is 0 Å². The van der Waals surface area contributed by atoms with Crippen LogP contribution in [0, 0.1) is 5.92 Å². The molecular weight excluding hydrogens is 300 g/mol.